The fraction of sp³-hybridized carbons (Fsp3) is 0.591. The van der Waals surface area contributed by atoms with Crippen LogP contribution >= 0.6 is 11.6 Å². The summed E-state index contributed by atoms with van der Waals surface area (Å²) in [7, 11) is 3.10. The number of carbonyl (C=O) groups excluding carboxylic acids is 1. The minimum absolute atomic E-state index is 0.0979. The van der Waals surface area contributed by atoms with Gasteiger partial charge in [0.2, 0.25) is 0 Å². The van der Waals surface area contributed by atoms with Crippen molar-refractivity contribution in [2.75, 3.05) is 20.8 Å². The molecule has 0 bridgehead atoms. The number of ether oxygens (including phenoxy) is 3. The van der Waals surface area contributed by atoms with Crippen LogP contribution in [-0.4, -0.2) is 48.3 Å². The fourth-order valence-corrected chi connectivity index (χ4v) is 2.98. The average Bonchev–Trinajstić information content (AvgIpc) is 3.14. The number of nitrogens with one attached hydrogen (secondary N) is 1. The molecule has 2 atom stereocenters. The number of hydrogen-bond acceptors (Lipinski definition) is 7. The molecule has 0 saturated carbocycles. The second kappa shape index (κ2) is 11.9. The number of nitrogens with zero attached hydrogens (tertiary/aromatic N) is 2. The summed E-state index contributed by atoms with van der Waals surface area (Å²) in [4.78, 5) is 19.9. The maximum absolute atomic E-state index is 11.6. The fourth-order valence-electron chi connectivity index (χ4n) is 2.77. The number of aromatic nitrogens is 2. The maximum Gasteiger partial charge on any atom is 0.323 e. The van der Waals surface area contributed by atoms with E-state index in [2.05, 4.69) is 22.2 Å². The molecule has 1 N–H and O–H groups in total. The predicted molar refractivity (Wildman–Crippen MR) is 120 cm³/mol. The molecule has 3 rings (SSSR count). The zero-order valence-electron chi connectivity index (χ0n) is 19.2. The van der Waals surface area contributed by atoms with Crippen molar-refractivity contribution in [1.29, 1.82) is 0 Å². The van der Waals surface area contributed by atoms with Crippen LogP contribution in [0.1, 0.15) is 48.0 Å². The van der Waals surface area contributed by atoms with Crippen molar-refractivity contribution in [3.05, 3.63) is 23.4 Å². The van der Waals surface area contributed by atoms with E-state index in [4.69, 9.17) is 25.8 Å². The van der Waals surface area contributed by atoms with Gasteiger partial charge in [0.1, 0.15) is 17.4 Å². The molecule has 2 aromatic rings. The van der Waals surface area contributed by atoms with Crippen LogP contribution in [0.5, 0.6) is 11.6 Å². The maximum atomic E-state index is 11.6. The topological polar surface area (TPSA) is 82.6 Å². The lowest BCUT2D eigenvalue weighted by Gasteiger charge is -2.23. The third-order valence-corrected chi connectivity index (χ3v) is 4.43. The second-order valence-electron chi connectivity index (χ2n) is 7.61. The Morgan fingerprint density at radius 3 is 2.30 bits per heavy atom. The molecule has 30 heavy (non-hydrogen) atoms. The van der Waals surface area contributed by atoms with Gasteiger partial charge in [-0.2, -0.15) is 0 Å². The molecule has 168 valence electrons. The van der Waals surface area contributed by atoms with E-state index in [1.807, 2.05) is 34.6 Å². The molecular weight excluding hydrogens is 406 g/mol. The molecule has 1 aliphatic heterocycles. The van der Waals surface area contributed by atoms with Crippen LogP contribution in [0.15, 0.2) is 18.2 Å². The highest BCUT2D eigenvalue weighted by molar-refractivity contribution is 6.31. The van der Waals surface area contributed by atoms with Crippen molar-refractivity contribution in [2.24, 2.45) is 5.92 Å². The van der Waals surface area contributed by atoms with E-state index in [1.165, 1.54) is 7.11 Å². The highest BCUT2D eigenvalue weighted by Crippen LogP contribution is 2.25. The lowest BCUT2D eigenvalue weighted by molar-refractivity contribution is -0.158. The molecule has 0 aliphatic carbocycles. The van der Waals surface area contributed by atoms with Crippen LogP contribution in [0, 0.1) is 5.92 Å². The summed E-state index contributed by atoms with van der Waals surface area (Å²) < 4.78 is 15.4. The Bertz CT molecular complexity index is 824. The number of methoxy groups -OCH3 is 2. The Kier molecular flexibility index (Phi) is 10.3. The van der Waals surface area contributed by atoms with Gasteiger partial charge in [-0.05, 0) is 51.8 Å². The number of benzene rings is 1. The Labute approximate surface area is 184 Å². The summed E-state index contributed by atoms with van der Waals surface area (Å²) in [5, 5.41) is 3.41. The van der Waals surface area contributed by atoms with Crippen LogP contribution in [0.4, 0.5) is 0 Å². The minimum Gasteiger partial charge on any atom is -0.497 e. The molecule has 2 heterocycles. The van der Waals surface area contributed by atoms with E-state index >= 15 is 0 Å². The summed E-state index contributed by atoms with van der Waals surface area (Å²) in [6.07, 6.45) is 1.06. The van der Waals surface area contributed by atoms with Gasteiger partial charge < -0.3 is 19.5 Å². The van der Waals surface area contributed by atoms with Gasteiger partial charge in [0.15, 0.2) is 5.15 Å². The number of carbonyl (C=O) groups is 1. The summed E-state index contributed by atoms with van der Waals surface area (Å²) in [6.45, 7) is 12.7. The zero-order chi connectivity index (χ0) is 22.9. The molecule has 1 aromatic heterocycles. The van der Waals surface area contributed by atoms with Crippen molar-refractivity contribution in [2.45, 2.75) is 59.6 Å². The van der Waals surface area contributed by atoms with Gasteiger partial charge in [-0.25, -0.2) is 9.97 Å². The van der Waals surface area contributed by atoms with Crippen LogP contribution in [0.25, 0.3) is 11.0 Å². The third kappa shape index (κ3) is 7.61. The predicted octanol–water partition coefficient (Wildman–Crippen LogP) is 4.65. The molecule has 8 heteroatoms. The monoisotopic (exact) mass is 439 g/mol. The largest absolute Gasteiger partial charge is 0.497 e. The molecule has 0 amide bonds. The number of rotatable bonds is 3. The van der Waals surface area contributed by atoms with E-state index in [1.54, 1.807) is 25.3 Å². The minimum atomic E-state index is -0.374. The standard InChI is InChI=1S/C10H9ClN2O2.C10H19NO2.C2H6/c1-14-6-3-4-7-8(5-6)13-10(15-2)9(11)12-7;1-7-5-6-11-8(7)9(12)13-10(2,3)4;1-2/h3-5H,1-2H3;7-8,11H,5-6H2,1-4H3;1-2H3. The lowest BCUT2D eigenvalue weighted by atomic mass is 10.0. The second-order valence-corrected chi connectivity index (χ2v) is 7.97. The van der Waals surface area contributed by atoms with Gasteiger partial charge in [0.25, 0.3) is 5.88 Å². The van der Waals surface area contributed by atoms with Gasteiger partial charge in [-0.1, -0.05) is 32.4 Å². The summed E-state index contributed by atoms with van der Waals surface area (Å²) in [5.74, 6) is 1.32. The van der Waals surface area contributed by atoms with Gasteiger partial charge in [-0.15, -0.1) is 0 Å². The Hall–Kier alpha value is -2.12. The molecule has 1 aliphatic rings. The van der Waals surface area contributed by atoms with Crippen molar-refractivity contribution in [3.63, 3.8) is 0 Å². The first-order chi connectivity index (χ1) is 14.1. The van der Waals surface area contributed by atoms with E-state index in [9.17, 15) is 4.79 Å². The number of fused-ring (bicyclic) bond motifs is 1. The highest BCUT2D eigenvalue weighted by atomic mass is 35.5. The highest BCUT2D eigenvalue weighted by Gasteiger charge is 2.32. The lowest BCUT2D eigenvalue weighted by Crippen LogP contribution is -2.40. The molecular formula is C22H34ClN3O4. The van der Waals surface area contributed by atoms with Gasteiger partial charge in [0.05, 0.1) is 25.3 Å². The smallest absolute Gasteiger partial charge is 0.323 e. The SMILES string of the molecule is CC.CC1CCNC1C(=O)OC(C)(C)C.COc1ccc2nc(Cl)c(OC)nc2c1. The van der Waals surface area contributed by atoms with E-state index in [0.717, 1.165) is 18.7 Å². The first-order valence-electron chi connectivity index (χ1n) is 10.2. The normalized spacial score (nSPS) is 17.9. The van der Waals surface area contributed by atoms with E-state index in [0.29, 0.717) is 22.8 Å². The number of halogens is 1. The summed E-state index contributed by atoms with van der Waals surface area (Å²) >= 11 is 5.85. The van der Waals surface area contributed by atoms with Crippen LogP contribution in [0.3, 0.4) is 0 Å². The molecule has 1 aromatic carbocycles. The first-order valence-corrected chi connectivity index (χ1v) is 10.5. The summed E-state index contributed by atoms with van der Waals surface area (Å²) in [6, 6.07) is 5.28. The Balaban J connectivity index is 0.000000280. The molecule has 0 radical (unpaired) electrons. The Morgan fingerprint density at radius 2 is 1.80 bits per heavy atom. The van der Waals surface area contributed by atoms with E-state index in [-0.39, 0.29) is 22.8 Å². The van der Waals surface area contributed by atoms with E-state index < -0.39 is 0 Å². The van der Waals surface area contributed by atoms with Gasteiger partial charge in [-0.3, -0.25) is 4.79 Å². The third-order valence-electron chi connectivity index (χ3n) is 4.19. The zero-order valence-corrected chi connectivity index (χ0v) is 20.0. The van der Waals surface area contributed by atoms with Crippen molar-refractivity contribution in [3.8, 4) is 11.6 Å². The van der Waals surface area contributed by atoms with Crippen LogP contribution in [0.2, 0.25) is 5.15 Å². The molecule has 7 nitrogen and oxygen atoms in total. The van der Waals surface area contributed by atoms with Crippen LogP contribution < -0.4 is 14.8 Å². The summed E-state index contributed by atoms with van der Waals surface area (Å²) in [5.41, 5.74) is 1.03. The Morgan fingerprint density at radius 1 is 1.13 bits per heavy atom. The number of hydrogen-bond donors (Lipinski definition) is 1. The first kappa shape index (κ1) is 25.9. The van der Waals surface area contributed by atoms with Crippen LogP contribution in [-0.2, 0) is 9.53 Å². The van der Waals surface area contributed by atoms with Crippen molar-refractivity contribution in [1.82, 2.24) is 15.3 Å². The molecule has 0 spiro atoms. The average molecular weight is 440 g/mol. The molecule has 1 saturated heterocycles. The van der Waals surface area contributed by atoms with Crippen molar-refractivity contribution >= 4 is 28.6 Å². The van der Waals surface area contributed by atoms with Gasteiger partial charge in [0, 0.05) is 6.07 Å². The van der Waals surface area contributed by atoms with Gasteiger partial charge >= 0.3 is 5.97 Å². The number of esters is 1. The molecule has 1 fully saturated rings. The quantitative estimate of drug-likeness (QED) is 0.696. The molecule has 2 unspecified atom stereocenters. The van der Waals surface area contributed by atoms with Crippen molar-refractivity contribution < 1.29 is 19.0 Å².